The summed E-state index contributed by atoms with van der Waals surface area (Å²) in [7, 11) is -3.52. The lowest BCUT2D eigenvalue weighted by molar-refractivity contribution is 0.594. The zero-order valence-corrected chi connectivity index (χ0v) is 10.1. The second-order valence-corrected chi connectivity index (χ2v) is 5.68. The maximum absolute atomic E-state index is 12.0. The number of nitrogens with two attached hydrogens (primary N) is 1. The summed E-state index contributed by atoms with van der Waals surface area (Å²) in [6.45, 7) is 0. The molecular weight excluding hydrogens is 254 g/mol. The van der Waals surface area contributed by atoms with E-state index in [0.717, 1.165) is 6.07 Å². The summed E-state index contributed by atoms with van der Waals surface area (Å²) in [6.07, 6.45) is 0. The number of benzene rings is 1. The van der Waals surface area contributed by atoms with E-state index in [2.05, 4.69) is 9.97 Å². The zero-order chi connectivity index (χ0) is 13.2. The van der Waals surface area contributed by atoms with Crippen LogP contribution in [0.15, 0.2) is 46.1 Å². The first kappa shape index (κ1) is 12.3. The van der Waals surface area contributed by atoms with Gasteiger partial charge in [0.05, 0.1) is 16.3 Å². The van der Waals surface area contributed by atoms with Crippen molar-refractivity contribution in [1.82, 2.24) is 9.97 Å². The minimum absolute atomic E-state index is 0.0965. The van der Waals surface area contributed by atoms with Crippen molar-refractivity contribution in [3.05, 3.63) is 52.4 Å². The van der Waals surface area contributed by atoms with Crippen LogP contribution < -0.4 is 11.3 Å². The number of rotatable bonds is 3. The normalized spacial score (nSPS) is 11.3. The van der Waals surface area contributed by atoms with Gasteiger partial charge in [0, 0.05) is 6.07 Å². The van der Waals surface area contributed by atoms with Gasteiger partial charge in [-0.2, -0.15) is 0 Å². The highest BCUT2D eigenvalue weighted by molar-refractivity contribution is 7.90. The zero-order valence-electron chi connectivity index (χ0n) is 9.33. The van der Waals surface area contributed by atoms with E-state index in [9.17, 15) is 13.2 Å². The van der Waals surface area contributed by atoms with Crippen molar-refractivity contribution < 1.29 is 8.42 Å². The van der Waals surface area contributed by atoms with Gasteiger partial charge in [0.15, 0.2) is 9.84 Å². The number of nitrogens with one attached hydrogen (secondary N) is 1. The van der Waals surface area contributed by atoms with E-state index in [4.69, 9.17) is 5.73 Å². The van der Waals surface area contributed by atoms with Crippen molar-refractivity contribution in [2.75, 3.05) is 5.73 Å². The summed E-state index contributed by atoms with van der Waals surface area (Å²) in [5, 5.41) is 0. The molecule has 6 nitrogen and oxygen atoms in total. The standard InChI is InChI=1S/C11H11N3O3S/c12-11-13-8(6-10(15)14-11)7-18(16,17)9-4-2-1-3-5-9/h1-6H,7H2,(H3,12,13,14,15). The van der Waals surface area contributed by atoms with E-state index in [-0.39, 0.29) is 22.3 Å². The van der Waals surface area contributed by atoms with Gasteiger partial charge >= 0.3 is 0 Å². The average Bonchev–Trinajstić information content (AvgIpc) is 2.28. The number of H-pyrrole nitrogens is 1. The van der Waals surface area contributed by atoms with Crippen molar-refractivity contribution in [3.8, 4) is 0 Å². The maximum Gasteiger partial charge on any atom is 0.252 e. The van der Waals surface area contributed by atoms with Crippen LogP contribution >= 0.6 is 0 Å². The van der Waals surface area contributed by atoms with Gasteiger partial charge in [0.2, 0.25) is 5.95 Å². The molecule has 0 bridgehead atoms. The van der Waals surface area contributed by atoms with Crippen molar-refractivity contribution in [2.24, 2.45) is 0 Å². The lowest BCUT2D eigenvalue weighted by Crippen LogP contribution is -2.14. The molecule has 0 saturated carbocycles. The molecule has 2 aromatic rings. The van der Waals surface area contributed by atoms with Crippen LogP contribution in [0.3, 0.4) is 0 Å². The molecule has 0 spiro atoms. The predicted octanol–water partition coefficient (Wildman–Crippen LogP) is 0.326. The first-order valence-electron chi connectivity index (χ1n) is 5.11. The van der Waals surface area contributed by atoms with Crippen LogP contribution in [0.4, 0.5) is 5.95 Å². The number of hydrogen-bond donors (Lipinski definition) is 2. The molecule has 18 heavy (non-hydrogen) atoms. The first-order chi connectivity index (χ1) is 8.47. The lowest BCUT2D eigenvalue weighted by atomic mass is 10.4. The molecule has 0 aliphatic heterocycles. The van der Waals surface area contributed by atoms with Crippen LogP contribution in [0.1, 0.15) is 5.69 Å². The summed E-state index contributed by atoms with van der Waals surface area (Å²) >= 11 is 0. The van der Waals surface area contributed by atoms with Crippen LogP contribution in [0, 0.1) is 0 Å². The number of aromatic nitrogens is 2. The summed E-state index contributed by atoms with van der Waals surface area (Å²) in [5.41, 5.74) is 5.01. The molecule has 0 aliphatic carbocycles. The van der Waals surface area contributed by atoms with Gasteiger partial charge in [0.1, 0.15) is 0 Å². The smallest absolute Gasteiger partial charge is 0.252 e. The van der Waals surface area contributed by atoms with Gasteiger partial charge in [-0.1, -0.05) is 18.2 Å². The number of aromatic amines is 1. The number of hydrogen-bond acceptors (Lipinski definition) is 5. The first-order valence-corrected chi connectivity index (χ1v) is 6.76. The van der Waals surface area contributed by atoms with Gasteiger partial charge in [-0.25, -0.2) is 13.4 Å². The maximum atomic E-state index is 12.0. The molecule has 1 aromatic heterocycles. The lowest BCUT2D eigenvalue weighted by Gasteiger charge is -2.04. The van der Waals surface area contributed by atoms with Crippen LogP contribution in [0.5, 0.6) is 0 Å². The van der Waals surface area contributed by atoms with Gasteiger partial charge in [-0.05, 0) is 12.1 Å². The number of sulfone groups is 1. The quantitative estimate of drug-likeness (QED) is 0.831. The Bertz CT molecular complexity index is 708. The Morgan fingerprint density at radius 1 is 1.22 bits per heavy atom. The van der Waals surface area contributed by atoms with Crippen LogP contribution in [-0.4, -0.2) is 18.4 Å². The molecule has 2 rings (SSSR count). The molecule has 0 radical (unpaired) electrons. The highest BCUT2D eigenvalue weighted by atomic mass is 32.2. The summed E-state index contributed by atoms with van der Waals surface area (Å²) < 4.78 is 24.1. The van der Waals surface area contributed by atoms with Crippen molar-refractivity contribution >= 4 is 15.8 Å². The summed E-state index contributed by atoms with van der Waals surface area (Å²) in [6, 6.07) is 9.09. The molecule has 0 unspecified atom stereocenters. The second-order valence-electron chi connectivity index (χ2n) is 3.69. The molecule has 1 heterocycles. The van der Waals surface area contributed by atoms with E-state index in [1.54, 1.807) is 18.2 Å². The minimum Gasteiger partial charge on any atom is -0.369 e. The third-order valence-corrected chi connectivity index (χ3v) is 3.92. The molecule has 1 aromatic carbocycles. The van der Waals surface area contributed by atoms with Crippen molar-refractivity contribution in [1.29, 1.82) is 0 Å². The van der Waals surface area contributed by atoms with Crippen LogP contribution in [0.2, 0.25) is 0 Å². The third-order valence-electron chi connectivity index (χ3n) is 2.25. The number of nitrogens with zero attached hydrogens (tertiary/aromatic N) is 1. The molecule has 94 valence electrons. The van der Waals surface area contributed by atoms with Crippen LogP contribution in [-0.2, 0) is 15.6 Å². The Kier molecular flexibility index (Phi) is 3.15. The largest absolute Gasteiger partial charge is 0.369 e. The molecule has 0 atom stereocenters. The van der Waals surface area contributed by atoms with Gasteiger partial charge < -0.3 is 5.73 Å². The molecule has 0 amide bonds. The Morgan fingerprint density at radius 3 is 2.50 bits per heavy atom. The minimum atomic E-state index is -3.52. The monoisotopic (exact) mass is 265 g/mol. The van der Waals surface area contributed by atoms with Gasteiger partial charge in [-0.3, -0.25) is 9.78 Å². The Labute approximate surface area is 103 Å². The number of nitrogen functional groups attached to an aromatic ring is 1. The van der Waals surface area contributed by atoms with Crippen molar-refractivity contribution in [2.45, 2.75) is 10.6 Å². The van der Waals surface area contributed by atoms with Gasteiger partial charge in [-0.15, -0.1) is 0 Å². The van der Waals surface area contributed by atoms with E-state index < -0.39 is 15.4 Å². The topological polar surface area (TPSA) is 106 Å². The van der Waals surface area contributed by atoms with E-state index in [1.807, 2.05) is 0 Å². The van der Waals surface area contributed by atoms with Crippen LogP contribution in [0.25, 0.3) is 0 Å². The van der Waals surface area contributed by atoms with Gasteiger partial charge in [0.25, 0.3) is 5.56 Å². The van der Waals surface area contributed by atoms with E-state index in [1.165, 1.54) is 12.1 Å². The fourth-order valence-electron chi connectivity index (χ4n) is 1.51. The Hall–Kier alpha value is -2.15. The molecule has 0 saturated heterocycles. The van der Waals surface area contributed by atoms with E-state index >= 15 is 0 Å². The summed E-state index contributed by atoms with van der Waals surface area (Å²) in [5.74, 6) is -0.453. The molecule has 7 heteroatoms. The Morgan fingerprint density at radius 2 is 1.89 bits per heavy atom. The molecular formula is C11H11N3O3S. The molecule has 3 N–H and O–H groups in total. The fraction of sp³-hybridized carbons (Fsp3) is 0.0909. The second kappa shape index (κ2) is 4.61. The SMILES string of the molecule is Nc1nc(CS(=O)(=O)c2ccccc2)cc(=O)[nH]1. The molecule has 0 aliphatic rings. The Balaban J connectivity index is 2.37. The van der Waals surface area contributed by atoms with E-state index in [0.29, 0.717) is 0 Å². The molecule has 0 fully saturated rings. The highest BCUT2D eigenvalue weighted by Gasteiger charge is 2.16. The fourth-order valence-corrected chi connectivity index (χ4v) is 2.78. The summed E-state index contributed by atoms with van der Waals surface area (Å²) in [4.78, 5) is 17.4. The third kappa shape index (κ3) is 2.75. The number of anilines is 1. The average molecular weight is 265 g/mol. The van der Waals surface area contributed by atoms with Crippen molar-refractivity contribution in [3.63, 3.8) is 0 Å². The highest BCUT2D eigenvalue weighted by Crippen LogP contribution is 2.14. The predicted molar refractivity (Wildman–Crippen MR) is 66.6 cm³/mol.